The molecule has 8 heteroatoms. The van der Waals surface area contributed by atoms with Crippen molar-refractivity contribution in [1.29, 1.82) is 0 Å². The van der Waals surface area contributed by atoms with Crippen LogP contribution in [0.2, 0.25) is 0 Å². The number of aryl methyl sites for hydroxylation is 3. The number of rotatable bonds is 6. The number of carbonyl (C=O) groups excluding carboxylic acids is 1. The smallest absolute Gasteiger partial charge is 0.270 e. The molecule has 8 nitrogen and oxygen atoms in total. The number of carbonyl (C=O) groups is 1. The van der Waals surface area contributed by atoms with Gasteiger partial charge in [-0.2, -0.15) is 5.10 Å². The summed E-state index contributed by atoms with van der Waals surface area (Å²) < 4.78 is 3.87. The number of nitrogens with zero attached hydrogens (tertiary/aromatic N) is 6. The molecule has 0 radical (unpaired) electrons. The van der Waals surface area contributed by atoms with Crippen molar-refractivity contribution in [2.24, 2.45) is 11.8 Å². The standard InChI is InChI=1S/C26H29N7O/c1-3-21-23(32-15-16(2)13-28-26(32)29-21)25(34)27-14-17-4-6-19(7-5-17)24-30-22-12-20(18-8-9-18)10-11-33(22)31-24/h4-7,13,15,18,20H,3,8-12,14H2,1-2H3,(H,27,34). The van der Waals surface area contributed by atoms with Crippen LogP contribution in [-0.2, 0) is 25.9 Å². The van der Waals surface area contributed by atoms with Crippen LogP contribution in [0.4, 0.5) is 0 Å². The predicted molar refractivity (Wildman–Crippen MR) is 128 cm³/mol. The van der Waals surface area contributed by atoms with E-state index in [0.29, 0.717) is 24.4 Å². The van der Waals surface area contributed by atoms with Crippen molar-refractivity contribution in [3.63, 3.8) is 0 Å². The van der Waals surface area contributed by atoms with Gasteiger partial charge < -0.3 is 5.32 Å². The molecule has 6 rings (SSSR count). The summed E-state index contributed by atoms with van der Waals surface area (Å²) >= 11 is 0. The van der Waals surface area contributed by atoms with E-state index >= 15 is 0 Å². The molecule has 1 fully saturated rings. The van der Waals surface area contributed by atoms with Gasteiger partial charge in [-0.1, -0.05) is 31.2 Å². The Kier molecular flexibility index (Phi) is 5.16. The molecule has 4 heterocycles. The molecule has 1 atom stereocenters. The Labute approximate surface area is 198 Å². The summed E-state index contributed by atoms with van der Waals surface area (Å²) in [6.07, 6.45) is 9.39. The van der Waals surface area contributed by atoms with E-state index in [0.717, 1.165) is 58.8 Å². The lowest BCUT2D eigenvalue weighted by atomic mass is 9.93. The minimum Gasteiger partial charge on any atom is -0.347 e. The Bertz CT molecular complexity index is 1360. The molecule has 2 aliphatic rings. The molecule has 1 N–H and O–H groups in total. The molecule has 0 saturated heterocycles. The fraction of sp³-hybridized carbons (Fsp3) is 0.423. The highest BCUT2D eigenvalue weighted by Gasteiger charge is 2.34. The summed E-state index contributed by atoms with van der Waals surface area (Å²) in [5.41, 5.74) is 4.33. The van der Waals surface area contributed by atoms with Crippen LogP contribution in [-0.4, -0.2) is 35.0 Å². The van der Waals surface area contributed by atoms with Crippen molar-refractivity contribution in [2.45, 2.75) is 59.0 Å². The van der Waals surface area contributed by atoms with Gasteiger partial charge in [-0.3, -0.25) is 9.20 Å². The summed E-state index contributed by atoms with van der Waals surface area (Å²) in [7, 11) is 0. The number of amides is 1. The van der Waals surface area contributed by atoms with E-state index in [1.807, 2.05) is 44.3 Å². The zero-order valence-electron chi connectivity index (χ0n) is 19.7. The molecule has 3 aromatic heterocycles. The third-order valence-corrected chi connectivity index (χ3v) is 7.09. The predicted octanol–water partition coefficient (Wildman–Crippen LogP) is 3.76. The topological polar surface area (TPSA) is 90.0 Å². The first-order chi connectivity index (χ1) is 16.6. The van der Waals surface area contributed by atoms with Crippen molar-refractivity contribution >= 4 is 11.7 Å². The molecule has 4 aromatic rings. The van der Waals surface area contributed by atoms with E-state index in [1.54, 1.807) is 10.6 Å². The second-order valence-corrected chi connectivity index (χ2v) is 9.61. The van der Waals surface area contributed by atoms with Gasteiger partial charge in [-0.05, 0) is 55.6 Å². The Morgan fingerprint density at radius 1 is 1.12 bits per heavy atom. The lowest BCUT2D eigenvalue weighted by molar-refractivity contribution is 0.0944. The molecule has 0 spiro atoms. The van der Waals surface area contributed by atoms with Crippen LogP contribution in [0.1, 0.15) is 59.3 Å². The first kappa shape index (κ1) is 21.0. The van der Waals surface area contributed by atoms with E-state index < -0.39 is 0 Å². The quantitative estimate of drug-likeness (QED) is 0.478. The summed E-state index contributed by atoms with van der Waals surface area (Å²) in [6, 6.07) is 8.15. The number of nitrogens with one attached hydrogen (secondary N) is 1. The summed E-state index contributed by atoms with van der Waals surface area (Å²) in [5.74, 6) is 4.03. The fourth-order valence-electron chi connectivity index (χ4n) is 5.02. The normalized spacial score (nSPS) is 17.6. The van der Waals surface area contributed by atoms with Crippen LogP contribution in [0, 0.1) is 18.8 Å². The first-order valence-electron chi connectivity index (χ1n) is 12.2. The maximum atomic E-state index is 13.0. The Morgan fingerprint density at radius 3 is 2.71 bits per heavy atom. The minimum absolute atomic E-state index is 0.144. The maximum absolute atomic E-state index is 13.0. The van der Waals surface area contributed by atoms with Gasteiger partial charge in [0.05, 0.1) is 5.69 Å². The highest BCUT2D eigenvalue weighted by Crippen LogP contribution is 2.41. The third-order valence-electron chi connectivity index (χ3n) is 7.09. The lowest BCUT2D eigenvalue weighted by Gasteiger charge is -2.21. The van der Waals surface area contributed by atoms with Crippen molar-refractivity contribution in [2.75, 3.05) is 0 Å². The van der Waals surface area contributed by atoms with Crippen LogP contribution < -0.4 is 5.32 Å². The van der Waals surface area contributed by atoms with Gasteiger partial charge in [0.15, 0.2) is 5.82 Å². The number of hydrogen-bond donors (Lipinski definition) is 1. The van der Waals surface area contributed by atoms with Crippen LogP contribution in [0.25, 0.3) is 17.2 Å². The van der Waals surface area contributed by atoms with Crippen molar-refractivity contribution < 1.29 is 4.79 Å². The van der Waals surface area contributed by atoms with E-state index in [2.05, 4.69) is 20.0 Å². The Balaban J connectivity index is 1.15. The molecule has 174 valence electrons. The SMILES string of the molecule is CCc1nc2ncc(C)cn2c1C(=O)NCc1ccc(-c2nc3n(n2)CCC(C2CC2)C3)cc1. The molecule has 1 aliphatic heterocycles. The molecule has 1 amide bonds. The molecule has 1 aromatic carbocycles. The first-order valence-corrected chi connectivity index (χ1v) is 12.2. The van der Waals surface area contributed by atoms with E-state index in [9.17, 15) is 4.79 Å². The number of fused-ring (bicyclic) bond motifs is 2. The molecule has 1 unspecified atom stereocenters. The second kappa shape index (κ2) is 8.34. The Hall–Kier alpha value is -3.55. The molecule has 1 saturated carbocycles. The van der Waals surface area contributed by atoms with E-state index in [4.69, 9.17) is 10.1 Å². The molecule has 0 bridgehead atoms. The highest BCUT2D eigenvalue weighted by atomic mass is 16.1. The van der Waals surface area contributed by atoms with Gasteiger partial charge in [-0.25, -0.2) is 19.6 Å². The number of aromatic nitrogens is 6. The third kappa shape index (κ3) is 3.87. The van der Waals surface area contributed by atoms with E-state index in [-0.39, 0.29) is 5.91 Å². The average molecular weight is 456 g/mol. The number of benzene rings is 1. The van der Waals surface area contributed by atoms with Gasteiger partial charge in [0.1, 0.15) is 11.5 Å². The van der Waals surface area contributed by atoms with Crippen molar-refractivity contribution in [1.82, 2.24) is 34.4 Å². The van der Waals surface area contributed by atoms with Gasteiger partial charge in [0.25, 0.3) is 5.91 Å². The zero-order valence-corrected chi connectivity index (χ0v) is 19.7. The number of imidazole rings is 1. The van der Waals surface area contributed by atoms with Crippen molar-refractivity contribution in [3.8, 4) is 11.4 Å². The Morgan fingerprint density at radius 2 is 1.94 bits per heavy atom. The highest BCUT2D eigenvalue weighted by molar-refractivity contribution is 5.94. The van der Waals surface area contributed by atoms with Crippen LogP contribution in [0.3, 0.4) is 0 Å². The lowest BCUT2D eigenvalue weighted by Crippen LogP contribution is -2.25. The van der Waals surface area contributed by atoms with Crippen LogP contribution in [0.5, 0.6) is 0 Å². The summed E-state index contributed by atoms with van der Waals surface area (Å²) in [4.78, 5) is 26.7. The molecular formula is C26H29N7O. The van der Waals surface area contributed by atoms with Gasteiger partial charge >= 0.3 is 0 Å². The maximum Gasteiger partial charge on any atom is 0.270 e. The number of hydrogen-bond acceptors (Lipinski definition) is 5. The van der Waals surface area contributed by atoms with Gasteiger partial charge in [0.2, 0.25) is 5.78 Å². The fourth-order valence-corrected chi connectivity index (χ4v) is 5.02. The van der Waals surface area contributed by atoms with Crippen molar-refractivity contribution in [3.05, 3.63) is 65.0 Å². The minimum atomic E-state index is -0.144. The average Bonchev–Trinajstić information content (AvgIpc) is 3.51. The molecular weight excluding hydrogens is 426 g/mol. The summed E-state index contributed by atoms with van der Waals surface area (Å²) in [6.45, 7) is 5.37. The zero-order chi connectivity index (χ0) is 23.2. The van der Waals surface area contributed by atoms with Crippen LogP contribution >= 0.6 is 0 Å². The largest absolute Gasteiger partial charge is 0.347 e. The molecule has 34 heavy (non-hydrogen) atoms. The van der Waals surface area contributed by atoms with Crippen LogP contribution in [0.15, 0.2) is 36.7 Å². The molecule has 1 aliphatic carbocycles. The second-order valence-electron chi connectivity index (χ2n) is 9.61. The summed E-state index contributed by atoms with van der Waals surface area (Å²) in [5, 5.41) is 7.79. The monoisotopic (exact) mass is 455 g/mol. The van der Waals surface area contributed by atoms with Gasteiger partial charge in [0, 0.05) is 37.5 Å². The van der Waals surface area contributed by atoms with E-state index in [1.165, 1.54) is 19.3 Å². The van der Waals surface area contributed by atoms with Gasteiger partial charge in [-0.15, -0.1) is 0 Å².